The summed E-state index contributed by atoms with van der Waals surface area (Å²) in [7, 11) is -16.9. The number of fused-ring (bicyclic) bond motifs is 6. The number of carbonyl (C=O) groups excluding carboxylic acids is 1. The number of nitrogens with one attached hydrogen (secondary N) is 1. The molecule has 0 unspecified atom stereocenters. The van der Waals surface area contributed by atoms with Crippen LogP contribution in [0.4, 0.5) is 11.4 Å². The lowest BCUT2D eigenvalue weighted by atomic mass is 9.79. The van der Waals surface area contributed by atoms with Crippen LogP contribution in [0.2, 0.25) is 0 Å². The molecule has 5 N–H and O–H groups in total. The molecule has 4 aromatic rings. The molecule has 0 aliphatic carbocycles. The van der Waals surface area contributed by atoms with Crippen LogP contribution in [0.15, 0.2) is 110 Å². The Balaban J connectivity index is 1.35. The fourth-order valence-electron chi connectivity index (χ4n) is 9.66. The van der Waals surface area contributed by atoms with Crippen LogP contribution in [0.3, 0.4) is 0 Å². The second kappa shape index (κ2) is 23.3. The fourth-order valence-corrected chi connectivity index (χ4v) is 13.3. The Morgan fingerprint density at radius 3 is 2.24 bits per heavy atom. The molecule has 0 bridgehead atoms. The van der Waals surface area contributed by atoms with Crippen LogP contribution in [0.25, 0.3) is 32.0 Å². The Morgan fingerprint density at radius 2 is 1.57 bits per heavy atom. The lowest BCUT2D eigenvalue weighted by Gasteiger charge is -2.27. The summed E-state index contributed by atoms with van der Waals surface area (Å²) in [5, 5.41) is 19.8. The molecule has 0 saturated heterocycles. The molecule has 1 amide bonds. The van der Waals surface area contributed by atoms with E-state index in [-0.39, 0.29) is 60.5 Å². The molecule has 0 spiro atoms. The van der Waals surface area contributed by atoms with E-state index in [1.165, 1.54) is 23.5 Å². The molecule has 4 aromatic carbocycles. The summed E-state index contributed by atoms with van der Waals surface area (Å²) in [6.45, 7) is 8.76. The van der Waals surface area contributed by atoms with Crippen molar-refractivity contribution in [2.75, 3.05) is 56.2 Å². The predicted octanol–water partition coefficient (Wildman–Crippen LogP) is 7.61. The topological polar surface area (TPSA) is 323 Å². The van der Waals surface area contributed by atoms with Crippen molar-refractivity contribution in [3.05, 3.63) is 112 Å². The van der Waals surface area contributed by atoms with Crippen LogP contribution in [0, 0.1) is 0 Å². The molecule has 0 aromatic heterocycles. The second-order valence-corrected chi connectivity index (χ2v) is 25.7. The molecule has 2 aliphatic rings. The van der Waals surface area contributed by atoms with Gasteiger partial charge < -0.3 is 10.2 Å². The van der Waals surface area contributed by atoms with E-state index in [4.69, 9.17) is 10.8 Å². The summed E-state index contributed by atoms with van der Waals surface area (Å²) in [4.78, 5) is 15.6. The van der Waals surface area contributed by atoms with E-state index in [0.29, 0.717) is 71.2 Å². The van der Waals surface area contributed by atoms with Crippen molar-refractivity contribution in [1.82, 2.24) is 9.62 Å². The van der Waals surface area contributed by atoms with Gasteiger partial charge in [0.05, 0.1) is 21.0 Å². The average Bonchev–Trinajstić information content (AvgIpc) is 3.67. The highest BCUT2D eigenvalue weighted by Crippen LogP contribution is 2.52. The van der Waals surface area contributed by atoms with Gasteiger partial charge in [-0.1, -0.05) is 60.4 Å². The molecule has 400 valence electrons. The second-order valence-electron chi connectivity index (χ2n) is 18.5. The maximum Gasteiger partial charge on any atom is 0.295 e. The minimum Gasteiger partial charge on any atom is -0.356 e. The van der Waals surface area contributed by atoms with E-state index in [9.17, 15) is 52.1 Å². The molecule has 0 saturated carbocycles. The molecular weight excluding hydrogens is 1060 g/mol. The first kappa shape index (κ1) is 58.0. The van der Waals surface area contributed by atoms with Crippen LogP contribution >= 0.6 is 12.0 Å². The van der Waals surface area contributed by atoms with Crippen molar-refractivity contribution < 1.29 is 71.3 Å². The van der Waals surface area contributed by atoms with Gasteiger partial charge in [-0.15, -0.1) is 4.33 Å². The van der Waals surface area contributed by atoms with E-state index < -0.39 is 66.8 Å². The number of allylic oxidation sites excluding steroid dienone is 6. The van der Waals surface area contributed by atoms with Gasteiger partial charge in [-0.25, -0.2) is 18.0 Å². The van der Waals surface area contributed by atoms with E-state index in [1.807, 2.05) is 55.4 Å². The van der Waals surface area contributed by atoms with Crippen molar-refractivity contribution in [2.24, 2.45) is 5.11 Å². The number of nitrogens with zero attached hydrogens (tertiary/aromatic N) is 6. The zero-order valence-corrected chi connectivity index (χ0v) is 45.2. The molecule has 2 heterocycles. The Kier molecular flexibility index (Phi) is 18.3. The zero-order chi connectivity index (χ0) is 54.4. The van der Waals surface area contributed by atoms with Crippen LogP contribution in [0.1, 0.15) is 70.9 Å². The molecule has 0 atom stereocenters. The number of hydrogen-bond donors (Lipinski definition) is 5. The number of carbonyl (C=O) groups is 1. The van der Waals surface area contributed by atoms with Gasteiger partial charge in [-0.2, -0.15) is 29.8 Å². The van der Waals surface area contributed by atoms with Crippen molar-refractivity contribution in [3.63, 3.8) is 0 Å². The highest BCUT2D eigenvalue weighted by Gasteiger charge is 2.46. The van der Waals surface area contributed by atoms with Gasteiger partial charge in [0.2, 0.25) is 21.6 Å². The summed E-state index contributed by atoms with van der Waals surface area (Å²) in [5.74, 6) is -0.409. The fraction of sp³-hybridized carbons (Fsp3) is 0.404. The highest BCUT2D eigenvalue weighted by molar-refractivity contribution is 7.94. The Hall–Kier alpha value is -5.26. The lowest BCUT2D eigenvalue weighted by Crippen LogP contribution is -2.30. The van der Waals surface area contributed by atoms with Crippen molar-refractivity contribution in [2.45, 2.75) is 85.3 Å². The summed E-state index contributed by atoms with van der Waals surface area (Å²) in [6.07, 6.45) is 10.3. The standard InChI is InChI=1S/C47H57N7O15S5/c1-46(2)41(16-7-6-8-17-42-47(3,4)45-36-30-32(73(62,63)64)31-40(74(65,66)67)34(36)20-22-38(45)53(42)26-12-28-70-69-68-56)54(27-13-29-71(57,58)59)37-21-19-33-35(44(37)46)14-9-15-39(33)72(60,61)52(5)25-10-18-43(55)49-23-11-24-50-51-48/h6-9,14-17,19-22,30-31H,10-13,18,23-29H2,1-5H3,(H4-,49,55,56,57,58,59,62,63,64,65,66,67)/p+1. The monoisotopic (exact) mass is 1120 g/mol. The normalized spacial score (nSPS) is 16.3. The molecular formula is C47H58N7O15S5+. The Labute approximate surface area is 434 Å². The largest absolute Gasteiger partial charge is 0.356 e. The molecule has 74 heavy (non-hydrogen) atoms. The van der Waals surface area contributed by atoms with Crippen LogP contribution in [-0.4, -0.2) is 124 Å². The van der Waals surface area contributed by atoms with Crippen LogP contribution in [0.5, 0.6) is 0 Å². The lowest BCUT2D eigenvalue weighted by molar-refractivity contribution is -0.437. The van der Waals surface area contributed by atoms with Gasteiger partial charge >= 0.3 is 0 Å². The minimum atomic E-state index is -4.98. The first-order chi connectivity index (χ1) is 34.7. The van der Waals surface area contributed by atoms with Gasteiger partial charge in [0, 0.05) is 114 Å². The summed E-state index contributed by atoms with van der Waals surface area (Å²) < 4.78 is 140. The molecule has 2 aliphatic heterocycles. The third-order valence-electron chi connectivity index (χ3n) is 12.9. The van der Waals surface area contributed by atoms with Gasteiger partial charge in [-0.3, -0.25) is 18.5 Å². The quantitative estimate of drug-likeness (QED) is 0.00407. The average molecular weight is 1120 g/mol. The van der Waals surface area contributed by atoms with E-state index in [1.54, 1.807) is 42.5 Å². The van der Waals surface area contributed by atoms with E-state index >= 15 is 0 Å². The highest BCUT2D eigenvalue weighted by atomic mass is 32.2. The maximum absolute atomic E-state index is 14.2. The Morgan fingerprint density at radius 1 is 0.851 bits per heavy atom. The van der Waals surface area contributed by atoms with Gasteiger partial charge in [-0.05, 0) is 91.4 Å². The number of rotatable bonds is 25. The molecule has 0 fully saturated rings. The SMILES string of the molecule is CN(CCCC(=O)NCCCN=[N+]=[N-])S(=O)(=O)c1cccc2c3c(ccc12)[N+](CCCS(=O)(=O)O)=C(/C=C/C=C/C=C1/N(CCCSOOO)c2ccc4c(S(=O)(=O)O)cc(S(=O)(=O)O)cc4c2C1(C)C)C3(C)C. The van der Waals surface area contributed by atoms with Crippen molar-refractivity contribution >= 4 is 97.0 Å². The summed E-state index contributed by atoms with van der Waals surface area (Å²) in [6, 6.07) is 13.5. The van der Waals surface area contributed by atoms with Gasteiger partial charge in [0.15, 0.2) is 5.71 Å². The smallest absolute Gasteiger partial charge is 0.295 e. The predicted molar refractivity (Wildman–Crippen MR) is 281 cm³/mol. The van der Waals surface area contributed by atoms with Crippen molar-refractivity contribution in [3.8, 4) is 0 Å². The maximum atomic E-state index is 14.2. The summed E-state index contributed by atoms with van der Waals surface area (Å²) >= 11 is 0.851. The van der Waals surface area contributed by atoms with Crippen LogP contribution in [-0.2, 0) is 65.4 Å². The number of benzene rings is 4. The van der Waals surface area contributed by atoms with E-state index in [2.05, 4.69) is 24.7 Å². The number of sulfonamides is 1. The van der Waals surface area contributed by atoms with Crippen LogP contribution < -0.4 is 10.2 Å². The molecule has 6 rings (SSSR count). The number of azide groups is 1. The number of hydrogen-bond acceptors (Lipinski definition) is 15. The summed E-state index contributed by atoms with van der Waals surface area (Å²) in [5.41, 5.74) is 10.7. The first-order valence-electron chi connectivity index (χ1n) is 23.1. The van der Waals surface area contributed by atoms with E-state index in [0.717, 1.165) is 29.4 Å². The zero-order valence-electron chi connectivity index (χ0n) is 41.1. The van der Waals surface area contributed by atoms with Crippen molar-refractivity contribution in [1.29, 1.82) is 0 Å². The number of amides is 1. The Bertz CT molecular complexity index is 3480. The van der Waals surface area contributed by atoms with Gasteiger partial charge in [0.1, 0.15) is 11.4 Å². The molecule has 22 nitrogen and oxygen atoms in total. The molecule has 0 radical (unpaired) electrons. The minimum absolute atomic E-state index is 0.0263. The van der Waals surface area contributed by atoms with Gasteiger partial charge in [0.25, 0.3) is 30.4 Å². The first-order valence-corrected chi connectivity index (χ1v) is 29.9. The third-order valence-corrected chi connectivity index (χ3v) is 18.0. The third kappa shape index (κ3) is 12.9. The molecule has 27 heteroatoms. The number of anilines is 1.